The topological polar surface area (TPSA) is 112 Å². The Morgan fingerprint density at radius 2 is 2.30 bits per heavy atom. The molecule has 1 aromatic rings. The van der Waals surface area contributed by atoms with Gasteiger partial charge in [0.05, 0.1) is 7.11 Å². The molecule has 0 bridgehead atoms. The monoisotopic (exact) mass is 281 g/mol. The lowest BCUT2D eigenvalue weighted by atomic mass is 10.2. The zero-order valence-electron chi connectivity index (χ0n) is 10.7. The van der Waals surface area contributed by atoms with Crippen molar-refractivity contribution >= 4 is 23.5 Å². The largest absolute Gasteiger partial charge is 0.477 e. The number of anilines is 1. The maximum atomic E-state index is 11.9. The highest BCUT2D eigenvalue weighted by Gasteiger charge is 2.38. The lowest BCUT2D eigenvalue weighted by molar-refractivity contribution is -0.389. The summed E-state index contributed by atoms with van der Waals surface area (Å²) in [5.41, 5.74) is 0. The number of methoxy groups -OCH3 is 1. The van der Waals surface area contributed by atoms with E-state index in [2.05, 4.69) is 9.72 Å². The first-order chi connectivity index (χ1) is 9.45. The average Bonchev–Trinajstić information content (AvgIpc) is 2.44. The van der Waals surface area contributed by atoms with E-state index in [1.165, 1.54) is 20.1 Å². The van der Waals surface area contributed by atoms with Gasteiger partial charge in [-0.05, 0) is 22.9 Å². The van der Waals surface area contributed by atoms with Gasteiger partial charge in [0.1, 0.15) is 6.04 Å². The van der Waals surface area contributed by atoms with Gasteiger partial charge in [-0.3, -0.25) is 9.69 Å². The average molecular weight is 281 g/mol. The van der Waals surface area contributed by atoms with Crippen molar-refractivity contribution in [1.82, 2.24) is 4.98 Å². The van der Waals surface area contributed by atoms with Gasteiger partial charge in [-0.1, -0.05) is 0 Å². The van der Waals surface area contributed by atoms with Crippen LogP contribution in [0, 0.1) is 10.1 Å². The molecule has 1 aliphatic heterocycles. The van der Waals surface area contributed by atoms with Gasteiger partial charge in [-0.2, -0.15) is 0 Å². The number of nitro groups is 1. The number of rotatable bonds is 3. The number of amides is 1. The van der Waals surface area contributed by atoms with Gasteiger partial charge in [-0.25, -0.2) is 4.79 Å². The molecule has 1 aliphatic rings. The van der Waals surface area contributed by atoms with Crippen LogP contribution in [-0.4, -0.2) is 41.5 Å². The summed E-state index contributed by atoms with van der Waals surface area (Å²) >= 11 is 0. The van der Waals surface area contributed by atoms with Gasteiger partial charge in [0.25, 0.3) is 11.7 Å². The fourth-order valence-corrected chi connectivity index (χ4v) is 1.82. The van der Waals surface area contributed by atoms with Crippen LogP contribution in [0.15, 0.2) is 12.1 Å². The van der Waals surface area contributed by atoms with Crippen molar-refractivity contribution in [1.29, 1.82) is 0 Å². The predicted molar refractivity (Wildman–Crippen MR) is 65.4 cm³/mol. The van der Waals surface area contributed by atoms with Crippen molar-refractivity contribution in [3.63, 3.8) is 0 Å². The summed E-state index contributed by atoms with van der Waals surface area (Å²) in [5.74, 6) is -1.48. The maximum Gasteiger partial charge on any atom is 0.366 e. The number of fused-ring (bicyclic) bond motifs is 1. The Morgan fingerprint density at radius 3 is 2.90 bits per heavy atom. The number of hydrogen-bond donors (Lipinski definition) is 0. The SMILES string of the molecule is COC(=O)C(C)N1C(=O)COc2ccc([N+](=O)[O-])nc21. The van der Waals surface area contributed by atoms with E-state index in [-0.39, 0.29) is 18.2 Å². The van der Waals surface area contributed by atoms with Crippen LogP contribution in [0.25, 0.3) is 0 Å². The summed E-state index contributed by atoms with van der Waals surface area (Å²) in [7, 11) is 1.19. The number of pyridine rings is 1. The molecule has 1 aromatic heterocycles. The van der Waals surface area contributed by atoms with E-state index in [9.17, 15) is 19.7 Å². The summed E-state index contributed by atoms with van der Waals surface area (Å²) in [5, 5.41) is 10.7. The highest BCUT2D eigenvalue weighted by Crippen LogP contribution is 2.33. The second-order valence-electron chi connectivity index (χ2n) is 4.00. The normalized spacial score (nSPS) is 15.1. The van der Waals surface area contributed by atoms with Crippen LogP contribution >= 0.6 is 0 Å². The third-order valence-corrected chi connectivity index (χ3v) is 2.79. The molecule has 0 aliphatic carbocycles. The van der Waals surface area contributed by atoms with Crippen molar-refractivity contribution in [2.24, 2.45) is 0 Å². The first-order valence-corrected chi connectivity index (χ1v) is 5.64. The van der Waals surface area contributed by atoms with Crippen molar-refractivity contribution in [3.8, 4) is 5.75 Å². The van der Waals surface area contributed by atoms with Gasteiger partial charge < -0.3 is 19.6 Å². The Bertz CT molecular complexity index is 588. The number of ether oxygens (including phenoxy) is 2. The quantitative estimate of drug-likeness (QED) is 0.444. The number of carbonyl (C=O) groups excluding carboxylic acids is 2. The van der Waals surface area contributed by atoms with Crippen molar-refractivity contribution < 1.29 is 24.0 Å². The molecule has 0 radical (unpaired) electrons. The summed E-state index contributed by atoms with van der Waals surface area (Å²) in [6, 6.07) is 1.55. The van der Waals surface area contributed by atoms with Crippen molar-refractivity contribution in [2.45, 2.75) is 13.0 Å². The molecule has 2 heterocycles. The molecule has 2 rings (SSSR count). The van der Waals surface area contributed by atoms with E-state index in [4.69, 9.17) is 4.74 Å². The van der Waals surface area contributed by atoms with E-state index in [0.29, 0.717) is 0 Å². The first kappa shape index (κ1) is 13.7. The third kappa shape index (κ3) is 2.25. The molecule has 1 atom stereocenters. The minimum atomic E-state index is -0.954. The summed E-state index contributed by atoms with van der Waals surface area (Å²) in [4.78, 5) is 38.3. The van der Waals surface area contributed by atoms with E-state index in [1.54, 1.807) is 0 Å². The smallest absolute Gasteiger partial charge is 0.366 e. The minimum Gasteiger partial charge on any atom is -0.477 e. The molecule has 9 nitrogen and oxygen atoms in total. The minimum absolute atomic E-state index is 0.0617. The molecule has 20 heavy (non-hydrogen) atoms. The standard InChI is InChI=1S/C11H11N3O6/c1-6(11(16)19-2)13-9(15)5-20-7-3-4-8(14(17)18)12-10(7)13/h3-4,6H,5H2,1-2H3. The van der Waals surface area contributed by atoms with E-state index < -0.39 is 28.7 Å². The van der Waals surface area contributed by atoms with Crippen LogP contribution < -0.4 is 9.64 Å². The molecule has 106 valence electrons. The lowest BCUT2D eigenvalue weighted by Crippen LogP contribution is -2.48. The van der Waals surface area contributed by atoms with Crippen LogP contribution in [0.4, 0.5) is 11.6 Å². The van der Waals surface area contributed by atoms with Crippen molar-refractivity contribution in [2.75, 3.05) is 18.6 Å². The summed E-state index contributed by atoms with van der Waals surface area (Å²) in [6.45, 7) is 1.17. The van der Waals surface area contributed by atoms with Crippen LogP contribution in [0.1, 0.15) is 6.92 Å². The fraction of sp³-hybridized carbons (Fsp3) is 0.364. The molecule has 0 N–H and O–H groups in total. The molecular weight excluding hydrogens is 270 g/mol. The van der Waals surface area contributed by atoms with Gasteiger partial charge in [0, 0.05) is 6.07 Å². The molecular formula is C11H11N3O6. The molecule has 1 amide bonds. The first-order valence-electron chi connectivity index (χ1n) is 5.64. The zero-order valence-corrected chi connectivity index (χ0v) is 10.7. The Labute approximate surface area is 113 Å². The molecule has 0 aromatic carbocycles. The molecule has 0 spiro atoms. The highest BCUT2D eigenvalue weighted by atomic mass is 16.6. The number of esters is 1. The number of hydrogen-bond acceptors (Lipinski definition) is 7. The molecule has 1 unspecified atom stereocenters. The van der Waals surface area contributed by atoms with Crippen LogP contribution in [0.2, 0.25) is 0 Å². The van der Waals surface area contributed by atoms with Gasteiger partial charge >= 0.3 is 11.8 Å². The van der Waals surface area contributed by atoms with Crippen LogP contribution in [0.5, 0.6) is 5.75 Å². The second-order valence-corrected chi connectivity index (χ2v) is 4.00. The van der Waals surface area contributed by atoms with Gasteiger partial charge in [-0.15, -0.1) is 0 Å². The van der Waals surface area contributed by atoms with Gasteiger partial charge in [0.15, 0.2) is 12.4 Å². The van der Waals surface area contributed by atoms with E-state index >= 15 is 0 Å². The number of aromatic nitrogens is 1. The summed E-state index contributed by atoms with van der Waals surface area (Å²) in [6.07, 6.45) is 0. The molecule has 9 heteroatoms. The number of nitrogens with zero attached hydrogens (tertiary/aromatic N) is 3. The third-order valence-electron chi connectivity index (χ3n) is 2.79. The Morgan fingerprint density at radius 1 is 1.60 bits per heavy atom. The second kappa shape index (κ2) is 5.11. The van der Waals surface area contributed by atoms with Crippen molar-refractivity contribution in [3.05, 3.63) is 22.2 Å². The molecule has 0 fully saturated rings. The molecule has 0 saturated heterocycles. The Hall–Kier alpha value is -2.71. The van der Waals surface area contributed by atoms with Gasteiger partial charge in [0.2, 0.25) is 0 Å². The van der Waals surface area contributed by atoms with E-state index in [0.717, 1.165) is 11.0 Å². The highest BCUT2D eigenvalue weighted by molar-refractivity contribution is 6.01. The van der Waals surface area contributed by atoms with Crippen LogP contribution in [-0.2, 0) is 14.3 Å². The number of carbonyl (C=O) groups is 2. The molecule has 0 saturated carbocycles. The summed E-state index contributed by atoms with van der Waals surface area (Å²) < 4.78 is 9.71. The Kier molecular flexibility index (Phi) is 3.51. The van der Waals surface area contributed by atoms with Crippen LogP contribution in [0.3, 0.4) is 0 Å². The Balaban J connectivity index is 2.49. The lowest BCUT2D eigenvalue weighted by Gasteiger charge is -2.28. The fourth-order valence-electron chi connectivity index (χ4n) is 1.82. The zero-order chi connectivity index (χ0) is 14.9. The maximum absolute atomic E-state index is 11.9. The van der Waals surface area contributed by atoms with E-state index in [1.807, 2.05) is 0 Å². The predicted octanol–water partition coefficient (Wildman–Crippen LogP) is 0.277.